The van der Waals surface area contributed by atoms with E-state index in [-0.39, 0.29) is 23.7 Å². The van der Waals surface area contributed by atoms with Crippen molar-refractivity contribution in [3.8, 4) is 0 Å². The summed E-state index contributed by atoms with van der Waals surface area (Å²) in [5, 5.41) is 3.52. The molecule has 0 aromatic rings. The first kappa shape index (κ1) is 23.1. The summed E-state index contributed by atoms with van der Waals surface area (Å²) in [6, 6.07) is 0.221. The van der Waals surface area contributed by atoms with Crippen molar-refractivity contribution in [2.45, 2.75) is 109 Å². The molecule has 0 spiro atoms. The van der Waals surface area contributed by atoms with Crippen LogP contribution in [0.5, 0.6) is 0 Å². The molecule has 0 amide bonds. The normalized spacial score (nSPS) is 24.8. The van der Waals surface area contributed by atoms with Gasteiger partial charge in [0.15, 0.2) is 0 Å². The van der Waals surface area contributed by atoms with Gasteiger partial charge in [0, 0.05) is 17.1 Å². The quantitative estimate of drug-likeness (QED) is 0.426. The van der Waals surface area contributed by atoms with Gasteiger partial charge in [-0.05, 0) is 60.9 Å². The standard InChI is InChI=1S/C19H41N2O3P/c1-8-10-11-12-13-17(25(22,23)24-9-2)20-16-14-18(3,4)21(7)19(5,6)15-16/h16-17,20H,8-15H2,1-7H3,(H,22,23). The van der Waals surface area contributed by atoms with E-state index in [0.717, 1.165) is 32.1 Å². The number of unbranched alkanes of at least 4 members (excludes halogenated alkanes) is 3. The van der Waals surface area contributed by atoms with Crippen molar-refractivity contribution < 1.29 is 14.0 Å². The Morgan fingerprint density at radius 2 is 1.72 bits per heavy atom. The second kappa shape index (κ2) is 9.32. The van der Waals surface area contributed by atoms with E-state index in [9.17, 15) is 9.46 Å². The smallest absolute Gasteiger partial charge is 0.323 e. The van der Waals surface area contributed by atoms with Gasteiger partial charge in [-0.25, -0.2) is 0 Å². The van der Waals surface area contributed by atoms with E-state index in [1.54, 1.807) is 6.92 Å². The number of piperidine rings is 1. The van der Waals surface area contributed by atoms with E-state index in [2.05, 4.69) is 51.9 Å². The van der Waals surface area contributed by atoms with Crippen molar-refractivity contribution >= 4 is 7.60 Å². The van der Waals surface area contributed by atoms with Crippen molar-refractivity contribution in [3.63, 3.8) is 0 Å². The monoisotopic (exact) mass is 376 g/mol. The van der Waals surface area contributed by atoms with Crippen molar-refractivity contribution in [2.75, 3.05) is 13.7 Å². The van der Waals surface area contributed by atoms with Crippen LogP contribution in [0.1, 0.15) is 86.5 Å². The number of hydrogen-bond donors (Lipinski definition) is 2. The third-order valence-corrected chi connectivity index (χ3v) is 7.60. The lowest BCUT2D eigenvalue weighted by Crippen LogP contribution is -2.62. The molecule has 2 unspecified atom stereocenters. The molecule has 0 aromatic carbocycles. The largest absolute Gasteiger partial charge is 0.344 e. The van der Waals surface area contributed by atoms with Crippen LogP contribution < -0.4 is 5.32 Å². The van der Waals surface area contributed by atoms with Gasteiger partial charge in [-0.15, -0.1) is 0 Å². The topological polar surface area (TPSA) is 61.8 Å². The Morgan fingerprint density at radius 1 is 1.16 bits per heavy atom. The summed E-state index contributed by atoms with van der Waals surface area (Å²) in [5.41, 5.74) is 0.106. The van der Waals surface area contributed by atoms with Gasteiger partial charge in [0.2, 0.25) is 0 Å². The first-order valence-corrected chi connectivity index (χ1v) is 11.6. The van der Waals surface area contributed by atoms with Crippen molar-refractivity contribution in [1.29, 1.82) is 0 Å². The Balaban J connectivity index is 2.83. The molecular weight excluding hydrogens is 335 g/mol. The van der Waals surface area contributed by atoms with Crippen LogP contribution in [0.25, 0.3) is 0 Å². The van der Waals surface area contributed by atoms with Gasteiger partial charge < -0.3 is 14.7 Å². The van der Waals surface area contributed by atoms with E-state index >= 15 is 0 Å². The molecule has 0 saturated carbocycles. The zero-order chi connectivity index (χ0) is 19.3. The molecule has 6 heteroatoms. The van der Waals surface area contributed by atoms with E-state index in [1.165, 1.54) is 6.42 Å². The molecule has 1 fully saturated rings. The van der Waals surface area contributed by atoms with Crippen LogP contribution in [0.3, 0.4) is 0 Å². The maximum absolute atomic E-state index is 12.7. The number of rotatable bonds is 10. The summed E-state index contributed by atoms with van der Waals surface area (Å²) in [7, 11) is -1.47. The van der Waals surface area contributed by atoms with Crippen LogP contribution in [0, 0.1) is 0 Å². The highest BCUT2D eigenvalue weighted by Gasteiger charge is 2.44. The highest BCUT2D eigenvalue weighted by Crippen LogP contribution is 2.49. The molecule has 2 atom stereocenters. The highest BCUT2D eigenvalue weighted by molar-refractivity contribution is 7.53. The van der Waals surface area contributed by atoms with E-state index in [0.29, 0.717) is 6.42 Å². The maximum Gasteiger partial charge on any atom is 0.344 e. The second-order valence-electron chi connectivity index (χ2n) is 8.80. The first-order chi connectivity index (χ1) is 11.5. The summed E-state index contributed by atoms with van der Waals surface area (Å²) in [5.74, 6) is -0.468. The van der Waals surface area contributed by atoms with Crippen LogP contribution in [0.4, 0.5) is 0 Å². The zero-order valence-corrected chi connectivity index (χ0v) is 18.4. The van der Waals surface area contributed by atoms with Crippen molar-refractivity contribution in [2.24, 2.45) is 0 Å². The van der Waals surface area contributed by atoms with Crippen LogP contribution >= 0.6 is 7.60 Å². The summed E-state index contributed by atoms with van der Waals surface area (Å²) < 4.78 is 18.0. The predicted octanol–water partition coefficient (Wildman–Crippen LogP) is 4.75. The van der Waals surface area contributed by atoms with Gasteiger partial charge in [0.25, 0.3) is 0 Å². The van der Waals surface area contributed by atoms with Gasteiger partial charge in [-0.2, -0.15) is 0 Å². The Bertz CT molecular complexity index is 436. The highest BCUT2D eigenvalue weighted by atomic mass is 31.2. The fourth-order valence-electron chi connectivity index (χ4n) is 4.14. The van der Waals surface area contributed by atoms with Crippen LogP contribution in [-0.2, 0) is 9.09 Å². The molecule has 5 nitrogen and oxygen atoms in total. The summed E-state index contributed by atoms with van der Waals surface area (Å²) in [4.78, 5) is 12.9. The number of likely N-dealkylation sites (tertiary alicyclic amines) is 1. The third-order valence-electron chi connectivity index (χ3n) is 5.77. The lowest BCUT2D eigenvalue weighted by Gasteiger charge is -2.54. The van der Waals surface area contributed by atoms with Gasteiger partial charge >= 0.3 is 7.60 Å². The molecule has 25 heavy (non-hydrogen) atoms. The van der Waals surface area contributed by atoms with Crippen LogP contribution in [0.2, 0.25) is 0 Å². The first-order valence-electron chi connectivity index (χ1n) is 9.93. The Kier molecular flexibility index (Phi) is 8.62. The van der Waals surface area contributed by atoms with Gasteiger partial charge in [-0.1, -0.05) is 32.6 Å². The zero-order valence-electron chi connectivity index (χ0n) is 17.5. The average molecular weight is 377 g/mol. The van der Waals surface area contributed by atoms with Gasteiger partial charge in [-0.3, -0.25) is 9.46 Å². The predicted molar refractivity (Wildman–Crippen MR) is 106 cm³/mol. The van der Waals surface area contributed by atoms with E-state index < -0.39 is 13.4 Å². The fraction of sp³-hybridized carbons (Fsp3) is 1.00. The Labute approximate surface area is 155 Å². The summed E-state index contributed by atoms with van der Waals surface area (Å²) >= 11 is 0. The lowest BCUT2D eigenvalue weighted by atomic mass is 9.77. The molecule has 0 aromatic heterocycles. The maximum atomic E-state index is 12.7. The third kappa shape index (κ3) is 6.62. The van der Waals surface area contributed by atoms with Gasteiger partial charge in [0.1, 0.15) is 5.78 Å². The molecular formula is C19H41N2O3P. The molecule has 2 N–H and O–H groups in total. The van der Waals surface area contributed by atoms with Crippen LogP contribution in [-0.4, -0.2) is 46.4 Å². The lowest BCUT2D eigenvalue weighted by molar-refractivity contribution is -0.0193. The molecule has 1 rings (SSSR count). The van der Waals surface area contributed by atoms with E-state index in [4.69, 9.17) is 4.52 Å². The minimum Gasteiger partial charge on any atom is -0.323 e. The molecule has 150 valence electrons. The van der Waals surface area contributed by atoms with E-state index in [1.807, 2.05) is 0 Å². The SMILES string of the molecule is CCCCCCC(NC1CC(C)(C)N(C)C(C)(C)C1)P(=O)(O)OCC. The number of nitrogens with one attached hydrogen (secondary N) is 1. The molecule has 0 bridgehead atoms. The van der Waals surface area contributed by atoms with Gasteiger partial charge in [0.05, 0.1) is 6.61 Å². The fourth-order valence-corrected chi connectivity index (χ4v) is 5.60. The molecule has 0 radical (unpaired) electrons. The molecule has 1 saturated heterocycles. The molecule has 1 heterocycles. The second-order valence-corrected chi connectivity index (χ2v) is 10.8. The van der Waals surface area contributed by atoms with Crippen LogP contribution in [0.15, 0.2) is 0 Å². The molecule has 1 aliphatic heterocycles. The number of hydrogen-bond acceptors (Lipinski definition) is 4. The summed E-state index contributed by atoms with van der Waals surface area (Å²) in [6.45, 7) is 13.2. The van der Waals surface area contributed by atoms with Crippen molar-refractivity contribution in [1.82, 2.24) is 10.2 Å². The average Bonchev–Trinajstić information content (AvgIpc) is 2.47. The minimum absolute atomic E-state index is 0.0528. The minimum atomic E-state index is -3.64. The molecule has 0 aliphatic carbocycles. The number of nitrogens with zero attached hydrogens (tertiary/aromatic N) is 1. The van der Waals surface area contributed by atoms with Crippen molar-refractivity contribution in [3.05, 3.63) is 0 Å². The summed E-state index contributed by atoms with van der Waals surface area (Å²) in [6.07, 6.45) is 7.02. The molecule has 1 aliphatic rings. The Morgan fingerprint density at radius 3 is 2.20 bits per heavy atom. The Hall–Kier alpha value is 0.0700.